The quantitative estimate of drug-likeness (QED) is 0.866. The number of nitrogens with zero attached hydrogens (tertiary/aromatic N) is 3. The highest BCUT2D eigenvalue weighted by Gasteiger charge is 2.29. The SMILES string of the molecule is CCCn1ncc(N2CCC(C(=O)NC3CCc4ccccc43)CC2)cc1=O. The molecule has 1 atom stereocenters. The van der Waals surface area contributed by atoms with Gasteiger partial charge in [-0.15, -0.1) is 0 Å². The molecule has 0 bridgehead atoms. The topological polar surface area (TPSA) is 67.2 Å². The summed E-state index contributed by atoms with van der Waals surface area (Å²) in [4.78, 5) is 27.1. The van der Waals surface area contributed by atoms with Gasteiger partial charge in [-0.1, -0.05) is 31.2 Å². The van der Waals surface area contributed by atoms with Crippen LogP contribution in [0.25, 0.3) is 0 Å². The van der Waals surface area contributed by atoms with Crippen LogP contribution in [-0.4, -0.2) is 28.8 Å². The highest BCUT2D eigenvalue weighted by atomic mass is 16.2. The van der Waals surface area contributed by atoms with Crippen molar-refractivity contribution in [2.75, 3.05) is 18.0 Å². The van der Waals surface area contributed by atoms with Gasteiger partial charge in [-0.05, 0) is 43.2 Å². The number of fused-ring (bicyclic) bond motifs is 1. The molecule has 1 aliphatic heterocycles. The van der Waals surface area contributed by atoms with E-state index < -0.39 is 0 Å². The molecule has 1 saturated heterocycles. The molecule has 6 heteroatoms. The maximum Gasteiger partial charge on any atom is 0.268 e. The van der Waals surface area contributed by atoms with Crippen molar-refractivity contribution in [3.63, 3.8) is 0 Å². The average Bonchev–Trinajstić information content (AvgIpc) is 3.13. The predicted molar refractivity (Wildman–Crippen MR) is 109 cm³/mol. The number of hydrogen-bond donors (Lipinski definition) is 1. The highest BCUT2D eigenvalue weighted by Crippen LogP contribution is 2.31. The molecular formula is C22H28N4O2. The zero-order valence-corrected chi connectivity index (χ0v) is 16.4. The van der Waals surface area contributed by atoms with Gasteiger partial charge in [0.25, 0.3) is 5.56 Å². The number of carbonyl (C=O) groups excluding carboxylic acids is 1. The van der Waals surface area contributed by atoms with Gasteiger partial charge in [-0.2, -0.15) is 5.10 Å². The van der Waals surface area contributed by atoms with Crippen molar-refractivity contribution in [2.45, 2.75) is 51.6 Å². The van der Waals surface area contributed by atoms with Crippen LogP contribution in [0.3, 0.4) is 0 Å². The van der Waals surface area contributed by atoms with Gasteiger partial charge in [0.2, 0.25) is 5.91 Å². The molecule has 4 rings (SSSR count). The normalized spacial score (nSPS) is 19.5. The Bertz CT molecular complexity index is 899. The van der Waals surface area contributed by atoms with E-state index in [0.29, 0.717) is 6.54 Å². The summed E-state index contributed by atoms with van der Waals surface area (Å²) in [6, 6.07) is 10.2. The number of carbonyl (C=O) groups is 1. The summed E-state index contributed by atoms with van der Waals surface area (Å²) >= 11 is 0. The Morgan fingerprint density at radius 3 is 2.75 bits per heavy atom. The second kappa shape index (κ2) is 8.17. The number of nitrogens with one attached hydrogen (secondary N) is 1. The van der Waals surface area contributed by atoms with Crippen LogP contribution in [0.15, 0.2) is 41.3 Å². The largest absolute Gasteiger partial charge is 0.370 e. The summed E-state index contributed by atoms with van der Waals surface area (Å²) in [7, 11) is 0. The van der Waals surface area contributed by atoms with E-state index >= 15 is 0 Å². The van der Waals surface area contributed by atoms with Crippen LogP contribution in [0.4, 0.5) is 5.69 Å². The molecule has 28 heavy (non-hydrogen) atoms. The first kappa shape index (κ1) is 18.7. The second-order valence-corrected chi connectivity index (χ2v) is 7.84. The average molecular weight is 380 g/mol. The molecule has 1 aliphatic carbocycles. The summed E-state index contributed by atoms with van der Waals surface area (Å²) < 4.78 is 1.50. The van der Waals surface area contributed by atoms with E-state index in [2.05, 4.69) is 33.5 Å². The molecule has 1 unspecified atom stereocenters. The first-order valence-corrected chi connectivity index (χ1v) is 10.4. The third-order valence-corrected chi connectivity index (χ3v) is 5.97. The van der Waals surface area contributed by atoms with Gasteiger partial charge < -0.3 is 10.2 Å². The molecule has 1 N–H and O–H groups in total. The van der Waals surface area contributed by atoms with Crippen LogP contribution in [-0.2, 0) is 17.8 Å². The van der Waals surface area contributed by atoms with Crippen LogP contribution in [0.5, 0.6) is 0 Å². The molecule has 2 aliphatic rings. The van der Waals surface area contributed by atoms with Gasteiger partial charge in [-0.3, -0.25) is 9.59 Å². The van der Waals surface area contributed by atoms with Crippen LogP contribution in [0.2, 0.25) is 0 Å². The third-order valence-electron chi connectivity index (χ3n) is 5.97. The fraction of sp³-hybridized carbons (Fsp3) is 0.500. The molecule has 2 heterocycles. The number of benzene rings is 1. The minimum atomic E-state index is -0.0564. The van der Waals surface area contributed by atoms with Crippen LogP contribution in [0, 0.1) is 5.92 Å². The van der Waals surface area contributed by atoms with Crippen molar-refractivity contribution in [2.24, 2.45) is 5.92 Å². The van der Waals surface area contributed by atoms with Gasteiger partial charge >= 0.3 is 0 Å². The Balaban J connectivity index is 1.33. The fourth-order valence-electron chi connectivity index (χ4n) is 4.37. The van der Waals surface area contributed by atoms with Crippen LogP contribution in [0.1, 0.15) is 49.8 Å². The van der Waals surface area contributed by atoms with Crippen LogP contribution >= 0.6 is 0 Å². The van der Waals surface area contributed by atoms with Crippen LogP contribution < -0.4 is 15.8 Å². The Morgan fingerprint density at radius 1 is 1.21 bits per heavy atom. The van der Waals surface area contributed by atoms with E-state index in [1.807, 2.05) is 13.0 Å². The number of aryl methyl sites for hydroxylation is 2. The molecular weight excluding hydrogens is 352 g/mol. The van der Waals surface area contributed by atoms with E-state index in [1.165, 1.54) is 15.8 Å². The molecule has 1 aromatic carbocycles. The van der Waals surface area contributed by atoms with Crippen molar-refractivity contribution >= 4 is 11.6 Å². The standard InChI is InChI=1S/C22H28N4O2/c1-2-11-26-21(27)14-18(15-23-26)25-12-9-17(10-13-25)22(28)24-20-8-7-16-5-3-4-6-19(16)20/h3-6,14-15,17,20H,2,7-13H2,1H3,(H,24,28). The number of rotatable bonds is 5. The van der Waals surface area contributed by atoms with Gasteiger partial charge in [0, 0.05) is 31.6 Å². The van der Waals surface area contributed by atoms with E-state index in [9.17, 15) is 9.59 Å². The van der Waals surface area contributed by atoms with Crippen molar-refractivity contribution in [3.8, 4) is 0 Å². The zero-order chi connectivity index (χ0) is 19.5. The minimum absolute atomic E-state index is 0.0393. The Kier molecular flexibility index (Phi) is 5.46. The first-order chi connectivity index (χ1) is 13.7. The first-order valence-electron chi connectivity index (χ1n) is 10.4. The van der Waals surface area contributed by atoms with E-state index in [4.69, 9.17) is 0 Å². The van der Waals surface area contributed by atoms with E-state index in [1.54, 1.807) is 12.3 Å². The van der Waals surface area contributed by atoms with E-state index in [0.717, 1.165) is 50.9 Å². The lowest BCUT2D eigenvalue weighted by molar-refractivity contribution is -0.126. The third kappa shape index (κ3) is 3.81. The molecule has 6 nitrogen and oxygen atoms in total. The van der Waals surface area contributed by atoms with Gasteiger partial charge in [0.05, 0.1) is 17.9 Å². The molecule has 0 radical (unpaired) electrons. The van der Waals surface area contributed by atoms with Crippen molar-refractivity contribution in [1.82, 2.24) is 15.1 Å². The Hall–Kier alpha value is -2.63. The number of anilines is 1. The summed E-state index contributed by atoms with van der Waals surface area (Å²) in [6.45, 7) is 4.23. The molecule has 0 spiro atoms. The van der Waals surface area contributed by atoms with Crippen molar-refractivity contribution in [3.05, 3.63) is 58.0 Å². The monoisotopic (exact) mass is 380 g/mol. The van der Waals surface area contributed by atoms with Crippen molar-refractivity contribution < 1.29 is 4.79 Å². The number of amides is 1. The highest BCUT2D eigenvalue weighted by molar-refractivity contribution is 5.79. The lowest BCUT2D eigenvalue weighted by Crippen LogP contribution is -2.41. The second-order valence-electron chi connectivity index (χ2n) is 7.84. The Labute approximate surface area is 165 Å². The summed E-state index contributed by atoms with van der Waals surface area (Å²) in [5.41, 5.74) is 3.43. The maximum absolute atomic E-state index is 12.8. The summed E-state index contributed by atoms with van der Waals surface area (Å²) in [5.74, 6) is 0.204. The summed E-state index contributed by atoms with van der Waals surface area (Å²) in [5, 5.41) is 7.54. The smallest absolute Gasteiger partial charge is 0.268 e. The minimum Gasteiger partial charge on any atom is -0.370 e. The van der Waals surface area contributed by atoms with Gasteiger partial charge in [0.15, 0.2) is 0 Å². The number of hydrogen-bond acceptors (Lipinski definition) is 4. The van der Waals surface area contributed by atoms with E-state index in [-0.39, 0.29) is 23.4 Å². The van der Waals surface area contributed by atoms with Gasteiger partial charge in [0.1, 0.15) is 0 Å². The molecule has 1 aromatic heterocycles. The molecule has 1 fully saturated rings. The summed E-state index contributed by atoms with van der Waals surface area (Å²) in [6.07, 6.45) is 6.29. The molecule has 0 saturated carbocycles. The Morgan fingerprint density at radius 2 is 2.00 bits per heavy atom. The molecule has 1 amide bonds. The predicted octanol–water partition coefficient (Wildman–Crippen LogP) is 2.67. The number of aromatic nitrogens is 2. The van der Waals surface area contributed by atoms with Gasteiger partial charge in [-0.25, -0.2) is 4.68 Å². The lowest BCUT2D eigenvalue weighted by Gasteiger charge is -2.33. The van der Waals surface area contributed by atoms with Crippen molar-refractivity contribution in [1.29, 1.82) is 0 Å². The number of piperidine rings is 1. The molecule has 148 valence electrons. The zero-order valence-electron chi connectivity index (χ0n) is 16.4. The fourth-order valence-corrected chi connectivity index (χ4v) is 4.37. The maximum atomic E-state index is 12.8. The molecule has 2 aromatic rings. The lowest BCUT2D eigenvalue weighted by atomic mass is 9.95.